The molecule has 2 rings (SSSR count). The third kappa shape index (κ3) is 4.64. The van der Waals surface area contributed by atoms with E-state index in [4.69, 9.17) is 4.52 Å². The van der Waals surface area contributed by atoms with Gasteiger partial charge in [0.15, 0.2) is 15.7 Å². The van der Waals surface area contributed by atoms with Gasteiger partial charge in [-0.05, 0) is 12.0 Å². The van der Waals surface area contributed by atoms with E-state index in [9.17, 15) is 13.5 Å². The summed E-state index contributed by atoms with van der Waals surface area (Å²) in [5.74, 6) is -0.152. The third-order valence-corrected chi connectivity index (χ3v) is 4.43. The Morgan fingerprint density at radius 2 is 2.00 bits per heavy atom. The van der Waals surface area contributed by atoms with Gasteiger partial charge in [0.05, 0.1) is 11.9 Å². The van der Waals surface area contributed by atoms with Crippen molar-refractivity contribution in [1.82, 2.24) is 10.1 Å². The maximum atomic E-state index is 12.1. The quantitative estimate of drug-likeness (QED) is 0.836. The van der Waals surface area contributed by atoms with Crippen molar-refractivity contribution in [1.29, 1.82) is 0 Å². The van der Waals surface area contributed by atoms with Gasteiger partial charge in [0.2, 0.25) is 5.89 Å². The number of hydrogen-bond donors (Lipinski definition) is 1. The molecule has 0 fully saturated rings. The SMILES string of the molecule is CCCc1noc(CS(=O)(=O)CC(O)c2ccccc2)n1. The largest absolute Gasteiger partial charge is 0.387 e. The lowest BCUT2D eigenvalue weighted by Gasteiger charge is -2.10. The minimum atomic E-state index is -3.53. The average Bonchev–Trinajstić information content (AvgIpc) is 2.86. The Balaban J connectivity index is 2.01. The molecule has 0 saturated carbocycles. The smallest absolute Gasteiger partial charge is 0.241 e. The standard InChI is InChI=1S/C14H18N2O4S/c1-2-6-13-15-14(20-16-13)10-21(18,19)9-12(17)11-7-4-3-5-8-11/h3-5,7-8,12,17H,2,6,9-10H2,1H3. The van der Waals surface area contributed by atoms with Gasteiger partial charge in [0.1, 0.15) is 5.75 Å². The van der Waals surface area contributed by atoms with Crippen LogP contribution in [0.15, 0.2) is 34.9 Å². The lowest BCUT2D eigenvalue weighted by atomic mass is 10.1. The van der Waals surface area contributed by atoms with Gasteiger partial charge in [-0.1, -0.05) is 42.4 Å². The number of nitrogens with zero attached hydrogens (tertiary/aromatic N) is 2. The second-order valence-corrected chi connectivity index (χ2v) is 6.94. The molecular weight excluding hydrogens is 292 g/mol. The number of sulfone groups is 1. The Labute approximate surface area is 123 Å². The van der Waals surface area contributed by atoms with Crippen LogP contribution in [0.5, 0.6) is 0 Å². The zero-order valence-corrected chi connectivity index (χ0v) is 12.6. The highest BCUT2D eigenvalue weighted by atomic mass is 32.2. The Kier molecular flexibility index (Phi) is 5.08. The summed E-state index contributed by atoms with van der Waals surface area (Å²) in [6.45, 7) is 1.98. The van der Waals surface area contributed by atoms with E-state index in [2.05, 4.69) is 10.1 Å². The van der Waals surface area contributed by atoms with Crippen molar-refractivity contribution in [2.45, 2.75) is 31.6 Å². The summed E-state index contributed by atoms with van der Waals surface area (Å²) in [4.78, 5) is 4.03. The maximum Gasteiger partial charge on any atom is 0.241 e. The fourth-order valence-electron chi connectivity index (χ4n) is 1.93. The number of hydrogen-bond acceptors (Lipinski definition) is 6. The average molecular weight is 310 g/mol. The molecule has 1 aromatic heterocycles. The van der Waals surface area contributed by atoms with E-state index in [-0.39, 0.29) is 17.4 Å². The monoisotopic (exact) mass is 310 g/mol. The molecule has 7 heteroatoms. The lowest BCUT2D eigenvalue weighted by Crippen LogP contribution is -2.16. The topological polar surface area (TPSA) is 93.3 Å². The molecule has 1 N–H and O–H groups in total. The van der Waals surface area contributed by atoms with Crippen LogP contribution in [0.3, 0.4) is 0 Å². The summed E-state index contributed by atoms with van der Waals surface area (Å²) in [7, 11) is -3.53. The predicted molar refractivity (Wildman–Crippen MR) is 77.2 cm³/mol. The highest BCUT2D eigenvalue weighted by molar-refractivity contribution is 7.90. The molecule has 0 amide bonds. The molecule has 0 bridgehead atoms. The van der Waals surface area contributed by atoms with E-state index < -0.39 is 15.9 Å². The molecule has 6 nitrogen and oxygen atoms in total. The summed E-state index contributed by atoms with van der Waals surface area (Å²) < 4.78 is 29.0. The van der Waals surface area contributed by atoms with E-state index >= 15 is 0 Å². The highest BCUT2D eigenvalue weighted by Crippen LogP contribution is 2.16. The third-order valence-electron chi connectivity index (χ3n) is 2.92. The van der Waals surface area contributed by atoms with Gasteiger partial charge in [-0.3, -0.25) is 0 Å². The zero-order chi connectivity index (χ0) is 15.3. The second kappa shape index (κ2) is 6.82. The Bertz CT molecular complexity index is 667. The van der Waals surface area contributed by atoms with E-state index in [0.717, 1.165) is 6.42 Å². The lowest BCUT2D eigenvalue weighted by molar-refractivity contribution is 0.201. The van der Waals surface area contributed by atoms with Crippen molar-refractivity contribution in [2.24, 2.45) is 0 Å². The molecule has 1 unspecified atom stereocenters. The van der Waals surface area contributed by atoms with E-state index in [1.807, 2.05) is 6.92 Å². The number of rotatable bonds is 7. The van der Waals surface area contributed by atoms with Crippen LogP contribution in [0, 0.1) is 0 Å². The van der Waals surface area contributed by atoms with Crippen molar-refractivity contribution >= 4 is 9.84 Å². The maximum absolute atomic E-state index is 12.1. The number of aliphatic hydroxyl groups excluding tert-OH is 1. The molecule has 0 spiro atoms. The van der Waals surface area contributed by atoms with Gasteiger partial charge in [0.25, 0.3) is 0 Å². The molecule has 1 heterocycles. The summed E-state index contributed by atoms with van der Waals surface area (Å²) in [5, 5.41) is 13.7. The molecule has 0 saturated heterocycles. The van der Waals surface area contributed by atoms with Crippen molar-refractivity contribution in [3.8, 4) is 0 Å². The van der Waals surface area contributed by atoms with Crippen molar-refractivity contribution in [3.63, 3.8) is 0 Å². The summed E-state index contributed by atoms with van der Waals surface area (Å²) in [6, 6.07) is 8.68. The van der Waals surface area contributed by atoms with E-state index in [1.165, 1.54) is 0 Å². The van der Waals surface area contributed by atoms with Crippen LogP contribution in [-0.2, 0) is 22.0 Å². The van der Waals surface area contributed by atoms with E-state index in [1.54, 1.807) is 30.3 Å². The molecule has 1 atom stereocenters. The van der Waals surface area contributed by atoms with Crippen molar-refractivity contribution < 1.29 is 18.0 Å². The zero-order valence-electron chi connectivity index (χ0n) is 11.8. The number of aryl methyl sites for hydroxylation is 1. The van der Waals surface area contributed by atoms with Crippen LogP contribution in [0.4, 0.5) is 0 Å². The number of aromatic nitrogens is 2. The van der Waals surface area contributed by atoms with Crippen LogP contribution >= 0.6 is 0 Å². The molecule has 0 aliphatic heterocycles. The molecule has 0 aliphatic carbocycles. The Morgan fingerprint density at radius 1 is 1.29 bits per heavy atom. The molecule has 1 aromatic carbocycles. The van der Waals surface area contributed by atoms with Crippen LogP contribution in [-0.4, -0.2) is 29.4 Å². The van der Waals surface area contributed by atoms with Crippen LogP contribution in [0.25, 0.3) is 0 Å². The fourth-order valence-corrected chi connectivity index (χ4v) is 3.22. The molecule has 114 valence electrons. The first kappa shape index (κ1) is 15.7. The molecule has 2 aromatic rings. The van der Waals surface area contributed by atoms with Gasteiger partial charge in [-0.2, -0.15) is 4.98 Å². The molecule has 21 heavy (non-hydrogen) atoms. The second-order valence-electron chi connectivity index (χ2n) is 4.84. The highest BCUT2D eigenvalue weighted by Gasteiger charge is 2.22. The summed E-state index contributed by atoms with van der Waals surface area (Å²) in [5.41, 5.74) is 0.568. The Morgan fingerprint density at radius 3 is 2.67 bits per heavy atom. The molecule has 0 aliphatic rings. The van der Waals surface area contributed by atoms with Crippen LogP contribution in [0.1, 0.15) is 36.7 Å². The van der Waals surface area contributed by atoms with Gasteiger partial charge in [0, 0.05) is 6.42 Å². The van der Waals surface area contributed by atoms with Gasteiger partial charge in [-0.25, -0.2) is 8.42 Å². The summed E-state index contributed by atoms with van der Waals surface area (Å²) >= 11 is 0. The molecule has 0 radical (unpaired) electrons. The first-order valence-electron chi connectivity index (χ1n) is 6.75. The van der Waals surface area contributed by atoms with Gasteiger partial charge < -0.3 is 9.63 Å². The van der Waals surface area contributed by atoms with Crippen LogP contribution in [0.2, 0.25) is 0 Å². The molecular formula is C14H18N2O4S. The van der Waals surface area contributed by atoms with Crippen LogP contribution < -0.4 is 0 Å². The number of aliphatic hydroxyl groups is 1. The first-order chi connectivity index (χ1) is 10.00. The summed E-state index contributed by atoms with van der Waals surface area (Å²) in [6.07, 6.45) is 0.448. The normalized spacial score (nSPS) is 13.2. The minimum absolute atomic E-state index is 0.0683. The Hall–Kier alpha value is -1.73. The first-order valence-corrected chi connectivity index (χ1v) is 8.57. The van der Waals surface area contributed by atoms with Crippen molar-refractivity contribution in [2.75, 3.05) is 5.75 Å². The van der Waals surface area contributed by atoms with Crippen molar-refractivity contribution in [3.05, 3.63) is 47.6 Å². The number of benzene rings is 1. The predicted octanol–water partition coefficient (Wildman–Crippen LogP) is 1.67. The van der Waals surface area contributed by atoms with E-state index in [0.29, 0.717) is 17.8 Å². The minimum Gasteiger partial charge on any atom is -0.387 e. The van der Waals surface area contributed by atoms with Gasteiger partial charge >= 0.3 is 0 Å². The van der Waals surface area contributed by atoms with Gasteiger partial charge in [-0.15, -0.1) is 0 Å². The fraction of sp³-hybridized carbons (Fsp3) is 0.429.